The minimum absolute atomic E-state index is 0.0427. The predicted molar refractivity (Wildman–Crippen MR) is 94.9 cm³/mol. The van der Waals surface area contributed by atoms with Gasteiger partial charge in [-0.15, -0.1) is 0 Å². The third-order valence-corrected chi connectivity index (χ3v) is 3.49. The molecular formula is C19H21NO6. The monoisotopic (exact) mass is 359 g/mol. The summed E-state index contributed by atoms with van der Waals surface area (Å²) in [5.74, 6) is -0.0931. The van der Waals surface area contributed by atoms with Crippen molar-refractivity contribution in [2.24, 2.45) is 0 Å². The van der Waals surface area contributed by atoms with Crippen molar-refractivity contribution in [3.63, 3.8) is 0 Å². The van der Waals surface area contributed by atoms with E-state index in [0.29, 0.717) is 23.7 Å². The smallest absolute Gasteiger partial charge is 0.339 e. The van der Waals surface area contributed by atoms with Crippen molar-refractivity contribution in [1.82, 2.24) is 5.32 Å². The lowest BCUT2D eigenvalue weighted by Crippen LogP contribution is -2.28. The fourth-order valence-electron chi connectivity index (χ4n) is 2.27. The number of benzene rings is 2. The third kappa shape index (κ3) is 5.14. The Bertz CT molecular complexity index is 774. The molecule has 0 spiro atoms. The van der Waals surface area contributed by atoms with Crippen LogP contribution in [0.3, 0.4) is 0 Å². The fraction of sp³-hybridized carbons (Fsp3) is 0.263. The van der Waals surface area contributed by atoms with Crippen LogP contribution >= 0.6 is 0 Å². The summed E-state index contributed by atoms with van der Waals surface area (Å²) < 4.78 is 15.9. The summed E-state index contributed by atoms with van der Waals surface area (Å²) >= 11 is 0. The lowest BCUT2D eigenvalue weighted by molar-refractivity contribution is -0.123. The van der Waals surface area contributed by atoms with E-state index in [4.69, 9.17) is 14.2 Å². The summed E-state index contributed by atoms with van der Waals surface area (Å²) in [7, 11) is 1.40. The van der Waals surface area contributed by atoms with Crippen molar-refractivity contribution < 1.29 is 28.9 Å². The van der Waals surface area contributed by atoms with E-state index in [0.717, 1.165) is 0 Å². The van der Waals surface area contributed by atoms with Crippen LogP contribution in [0.4, 0.5) is 0 Å². The van der Waals surface area contributed by atoms with Gasteiger partial charge in [0.15, 0.2) is 18.1 Å². The number of carbonyl (C=O) groups is 2. The van der Waals surface area contributed by atoms with Crippen LogP contribution in [-0.2, 0) is 11.3 Å². The average molecular weight is 359 g/mol. The Morgan fingerprint density at radius 1 is 1.04 bits per heavy atom. The Morgan fingerprint density at radius 2 is 1.73 bits per heavy atom. The molecule has 0 saturated carbocycles. The fourth-order valence-corrected chi connectivity index (χ4v) is 2.27. The van der Waals surface area contributed by atoms with Crippen molar-refractivity contribution in [3.8, 4) is 17.2 Å². The largest absolute Gasteiger partial charge is 0.496 e. The summed E-state index contributed by atoms with van der Waals surface area (Å²) in [6.07, 6.45) is 0. The average Bonchev–Trinajstić information content (AvgIpc) is 2.65. The number of aromatic carboxylic acids is 1. The number of para-hydroxylation sites is 2. The molecule has 0 radical (unpaired) electrons. The lowest BCUT2D eigenvalue weighted by Gasteiger charge is -2.12. The zero-order chi connectivity index (χ0) is 18.9. The van der Waals surface area contributed by atoms with Gasteiger partial charge in [-0.1, -0.05) is 18.2 Å². The van der Waals surface area contributed by atoms with Crippen LogP contribution in [0.25, 0.3) is 0 Å². The number of ether oxygens (including phenoxy) is 3. The van der Waals surface area contributed by atoms with Gasteiger partial charge < -0.3 is 24.6 Å². The van der Waals surface area contributed by atoms with Gasteiger partial charge in [0.25, 0.3) is 5.91 Å². The minimum atomic E-state index is -1.09. The highest BCUT2D eigenvalue weighted by atomic mass is 16.5. The Kier molecular flexibility index (Phi) is 6.84. The summed E-state index contributed by atoms with van der Waals surface area (Å²) in [5, 5.41) is 11.9. The van der Waals surface area contributed by atoms with E-state index in [9.17, 15) is 14.7 Å². The number of carboxylic acid groups (broad SMARTS) is 1. The minimum Gasteiger partial charge on any atom is -0.496 e. The molecule has 0 atom stereocenters. The number of nitrogens with one attached hydrogen (secondary N) is 1. The summed E-state index contributed by atoms with van der Waals surface area (Å²) in [4.78, 5) is 23.2. The molecule has 0 fully saturated rings. The first-order chi connectivity index (χ1) is 12.5. The Balaban J connectivity index is 1.91. The van der Waals surface area contributed by atoms with Gasteiger partial charge in [-0.05, 0) is 36.8 Å². The van der Waals surface area contributed by atoms with Gasteiger partial charge in [0.2, 0.25) is 0 Å². The Labute approximate surface area is 151 Å². The lowest BCUT2D eigenvalue weighted by atomic mass is 10.1. The maximum absolute atomic E-state index is 12.0. The van der Waals surface area contributed by atoms with Gasteiger partial charge in [-0.25, -0.2) is 4.79 Å². The maximum atomic E-state index is 12.0. The molecule has 0 saturated heterocycles. The molecule has 138 valence electrons. The van der Waals surface area contributed by atoms with Crippen molar-refractivity contribution in [1.29, 1.82) is 0 Å². The maximum Gasteiger partial charge on any atom is 0.339 e. The normalized spacial score (nSPS) is 10.1. The van der Waals surface area contributed by atoms with E-state index in [2.05, 4.69) is 5.32 Å². The quantitative estimate of drug-likeness (QED) is 0.714. The molecule has 0 aliphatic heterocycles. The van der Waals surface area contributed by atoms with Gasteiger partial charge in [-0.2, -0.15) is 0 Å². The number of methoxy groups -OCH3 is 1. The van der Waals surface area contributed by atoms with Crippen LogP contribution in [0.15, 0.2) is 42.5 Å². The first-order valence-corrected chi connectivity index (χ1v) is 8.06. The van der Waals surface area contributed by atoms with Gasteiger partial charge >= 0.3 is 5.97 Å². The van der Waals surface area contributed by atoms with Crippen LogP contribution in [0.1, 0.15) is 22.8 Å². The molecule has 26 heavy (non-hydrogen) atoms. The van der Waals surface area contributed by atoms with E-state index < -0.39 is 5.97 Å². The number of rotatable bonds is 9. The molecule has 0 unspecified atom stereocenters. The molecular weight excluding hydrogens is 338 g/mol. The molecule has 0 aliphatic rings. The van der Waals surface area contributed by atoms with Gasteiger partial charge in [0, 0.05) is 6.54 Å². The molecule has 2 aromatic carbocycles. The second kappa shape index (κ2) is 9.31. The van der Waals surface area contributed by atoms with E-state index in [-0.39, 0.29) is 30.4 Å². The van der Waals surface area contributed by atoms with E-state index in [1.54, 1.807) is 30.3 Å². The zero-order valence-corrected chi connectivity index (χ0v) is 14.7. The van der Waals surface area contributed by atoms with Crippen LogP contribution in [-0.4, -0.2) is 37.3 Å². The Hall–Kier alpha value is -3.22. The predicted octanol–water partition coefficient (Wildman–Crippen LogP) is 2.49. The molecule has 2 aromatic rings. The number of hydrogen-bond acceptors (Lipinski definition) is 5. The van der Waals surface area contributed by atoms with Crippen LogP contribution in [0.2, 0.25) is 0 Å². The zero-order valence-electron chi connectivity index (χ0n) is 14.7. The second-order valence-corrected chi connectivity index (χ2v) is 5.28. The molecule has 7 heteroatoms. The molecule has 0 bridgehead atoms. The molecule has 1 amide bonds. The molecule has 0 aliphatic carbocycles. The topological polar surface area (TPSA) is 94.1 Å². The summed E-state index contributed by atoms with van der Waals surface area (Å²) in [5.41, 5.74) is 0.687. The molecule has 2 N–H and O–H groups in total. The molecule has 2 rings (SSSR count). The highest BCUT2D eigenvalue weighted by Gasteiger charge is 2.12. The van der Waals surface area contributed by atoms with Crippen LogP contribution in [0, 0.1) is 0 Å². The van der Waals surface area contributed by atoms with E-state index >= 15 is 0 Å². The highest BCUT2D eigenvalue weighted by molar-refractivity contribution is 5.91. The number of carbonyl (C=O) groups excluding carboxylic acids is 1. The van der Waals surface area contributed by atoms with Crippen LogP contribution < -0.4 is 19.5 Å². The van der Waals surface area contributed by atoms with E-state index in [1.807, 2.05) is 13.0 Å². The van der Waals surface area contributed by atoms with Crippen molar-refractivity contribution in [2.75, 3.05) is 20.3 Å². The van der Waals surface area contributed by atoms with Crippen molar-refractivity contribution >= 4 is 11.9 Å². The second-order valence-electron chi connectivity index (χ2n) is 5.28. The van der Waals surface area contributed by atoms with Crippen molar-refractivity contribution in [2.45, 2.75) is 13.5 Å². The van der Waals surface area contributed by atoms with Gasteiger partial charge in [-0.3, -0.25) is 4.79 Å². The third-order valence-electron chi connectivity index (χ3n) is 3.49. The molecule has 7 nitrogen and oxygen atoms in total. The Morgan fingerprint density at radius 3 is 2.35 bits per heavy atom. The number of carboxylic acids is 1. The summed E-state index contributed by atoms with van der Waals surface area (Å²) in [6.45, 7) is 2.37. The van der Waals surface area contributed by atoms with E-state index in [1.165, 1.54) is 13.2 Å². The molecule has 0 heterocycles. The standard InChI is InChI=1S/C19H21NO6/c1-3-25-16-6-4-5-7-17(16)26-12-18(21)20-11-13-8-9-15(24-2)14(10-13)19(22)23/h4-10H,3,11-12H2,1-2H3,(H,20,21)(H,22,23). The highest BCUT2D eigenvalue weighted by Crippen LogP contribution is 2.26. The van der Waals surface area contributed by atoms with Crippen LogP contribution in [0.5, 0.6) is 17.2 Å². The van der Waals surface area contributed by atoms with Gasteiger partial charge in [0.1, 0.15) is 11.3 Å². The first-order valence-electron chi connectivity index (χ1n) is 8.06. The molecule has 0 aromatic heterocycles. The number of amides is 1. The first kappa shape index (κ1) is 19.1. The van der Waals surface area contributed by atoms with Crippen molar-refractivity contribution in [3.05, 3.63) is 53.6 Å². The SMILES string of the molecule is CCOc1ccccc1OCC(=O)NCc1ccc(OC)c(C(=O)O)c1. The summed E-state index contributed by atoms with van der Waals surface area (Å²) in [6, 6.07) is 11.8. The number of hydrogen-bond donors (Lipinski definition) is 2. The van der Waals surface area contributed by atoms with Gasteiger partial charge in [0.05, 0.1) is 13.7 Å².